The first-order chi connectivity index (χ1) is 12.3. The van der Waals surface area contributed by atoms with Crippen molar-refractivity contribution in [1.29, 1.82) is 0 Å². The van der Waals surface area contributed by atoms with E-state index in [0.717, 1.165) is 31.2 Å². The molecule has 3 N–H and O–H groups in total. The second-order valence-electron chi connectivity index (χ2n) is 6.04. The van der Waals surface area contributed by atoms with Crippen molar-refractivity contribution >= 4 is 17.6 Å². The van der Waals surface area contributed by atoms with Crippen molar-refractivity contribution in [1.82, 2.24) is 20.4 Å². The lowest BCUT2D eigenvalue weighted by atomic mass is 9.90. The molecule has 25 heavy (non-hydrogen) atoms. The molecule has 0 saturated heterocycles. The van der Waals surface area contributed by atoms with Crippen molar-refractivity contribution in [3.8, 4) is 0 Å². The fraction of sp³-hybridized carbons (Fsp3) is 0.389. The van der Waals surface area contributed by atoms with E-state index < -0.39 is 0 Å². The molecule has 0 radical (unpaired) electrons. The minimum Gasteiger partial charge on any atom is -0.356 e. The summed E-state index contributed by atoms with van der Waals surface area (Å²) < 4.78 is 1.91. The summed E-state index contributed by atoms with van der Waals surface area (Å²) in [6.45, 7) is 2.34. The average molecular weight is 340 g/mol. The molecule has 0 fully saturated rings. The van der Waals surface area contributed by atoms with Gasteiger partial charge >= 0.3 is 0 Å². The number of para-hydroxylation sites is 1. The first-order valence-corrected chi connectivity index (χ1v) is 8.57. The summed E-state index contributed by atoms with van der Waals surface area (Å²) in [4.78, 5) is 16.1. The molecule has 1 amide bonds. The lowest BCUT2D eigenvalue weighted by Crippen LogP contribution is -2.41. The maximum absolute atomic E-state index is 11.9. The Balaban J connectivity index is 1.47. The van der Waals surface area contributed by atoms with Gasteiger partial charge in [-0.1, -0.05) is 18.2 Å². The molecule has 2 heterocycles. The highest BCUT2D eigenvalue weighted by Gasteiger charge is 2.24. The number of carbonyl (C=O) groups is 1. The predicted molar refractivity (Wildman–Crippen MR) is 98.6 cm³/mol. The van der Waals surface area contributed by atoms with Crippen molar-refractivity contribution in [2.75, 3.05) is 25.5 Å². The Morgan fingerprint density at radius 3 is 3.04 bits per heavy atom. The molecule has 132 valence electrons. The summed E-state index contributed by atoms with van der Waals surface area (Å²) in [5.74, 6) is 0.962. The van der Waals surface area contributed by atoms with E-state index in [1.54, 1.807) is 13.2 Å². The minimum atomic E-state index is 0.0627. The number of aryl methyl sites for hydroxylation is 1. The molecule has 7 nitrogen and oxygen atoms in total. The SMILES string of the molecule is CN=C(NCCCn1cccn1)NCC1CC(=O)Nc2ccccc21. The number of rotatable bonds is 6. The van der Waals surface area contributed by atoms with Crippen LogP contribution < -0.4 is 16.0 Å². The van der Waals surface area contributed by atoms with E-state index in [1.165, 1.54) is 5.56 Å². The molecule has 1 aromatic heterocycles. The van der Waals surface area contributed by atoms with Crippen LogP contribution in [0.5, 0.6) is 0 Å². The van der Waals surface area contributed by atoms with Gasteiger partial charge in [0.05, 0.1) is 0 Å². The Morgan fingerprint density at radius 2 is 2.24 bits per heavy atom. The van der Waals surface area contributed by atoms with Crippen LogP contribution in [0.15, 0.2) is 47.7 Å². The zero-order valence-electron chi connectivity index (χ0n) is 14.4. The highest BCUT2D eigenvalue weighted by molar-refractivity contribution is 5.94. The van der Waals surface area contributed by atoms with Gasteiger partial charge in [0.25, 0.3) is 0 Å². The van der Waals surface area contributed by atoms with Gasteiger partial charge < -0.3 is 16.0 Å². The largest absolute Gasteiger partial charge is 0.356 e. The number of fused-ring (bicyclic) bond motifs is 1. The van der Waals surface area contributed by atoms with Crippen molar-refractivity contribution in [2.24, 2.45) is 4.99 Å². The Labute approximate surface area is 147 Å². The lowest BCUT2D eigenvalue weighted by Gasteiger charge is -2.26. The van der Waals surface area contributed by atoms with E-state index >= 15 is 0 Å². The third-order valence-corrected chi connectivity index (χ3v) is 4.26. The van der Waals surface area contributed by atoms with Gasteiger partial charge in [-0.25, -0.2) is 0 Å². The van der Waals surface area contributed by atoms with Crippen molar-refractivity contribution in [2.45, 2.75) is 25.3 Å². The van der Waals surface area contributed by atoms with E-state index in [4.69, 9.17) is 0 Å². The zero-order chi connectivity index (χ0) is 17.5. The fourth-order valence-electron chi connectivity index (χ4n) is 3.01. The Kier molecular flexibility index (Phi) is 5.66. The van der Waals surface area contributed by atoms with Crippen LogP contribution in [0, 0.1) is 0 Å². The fourth-order valence-corrected chi connectivity index (χ4v) is 3.01. The number of carbonyl (C=O) groups excluding carboxylic acids is 1. The standard InChI is InChI=1S/C18H24N6O/c1-19-18(20-8-4-10-24-11-5-9-22-24)21-13-14-12-17(25)23-16-7-3-2-6-15(14)16/h2-3,5-7,9,11,14H,4,8,10,12-13H2,1H3,(H,23,25)(H2,19,20,21). The van der Waals surface area contributed by atoms with Crippen molar-refractivity contribution in [3.63, 3.8) is 0 Å². The average Bonchev–Trinajstić information content (AvgIpc) is 3.14. The monoisotopic (exact) mass is 340 g/mol. The van der Waals surface area contributed by atoms with Gasteiger partial charge in [0.1, 0.15) is 0 Å². The number of nitrogens with zero attached hydrogens (tertiary/aromatic N) is 3. The molecule has 1 atom stereocenters. The Hall–Kier alpha value is -2.83. The number of anilines is 1. The molecule has 7 heteroatoms. The number of benzene rings is 1. The second-order valence-corrected chi connectivity index (χ2v) is 6.04. The molecule has 0 spiro atoms. The zero-order valence-corrected chi connectivity index (χ0v) is 14.4. The quantitative estimate of drug-likeness (QED) is 0.423. The van der Waals surface area contributed by atoms with Crippen molar-refractivity contribution in [3.05, 3.63) is 48.3 Å². The van der Waals surface area contributed by atoms with Gasteiger partial charge in [0, 0.05) is 57.1 Å². The number of amides is 1. The highest BCUT2D eigenvalue weighted by atomic mass is 16.1. The molecular formula is C18H24N6O. The first kappa shape index (κ1) is 17.0. The third-order valence-electron chi connectivity index (χ3n) is 4.26. The van der Waals surface area contributed by atoms with Crippen LogP contribution in [0.3, 0.4) is 0 Å². The van der Waals surface area contributed by atoms with E-state index in [2.05, 4.69) is 32.1 Å². The van der Waals surface area contributed by atoms with E-state index in [0.29, 0.717) is 13.0 Å². The summed E-state index contributed by atoms with van der Waals surface area (Å²) >= 11 is 0. The van der Waals surface area contributed by atoms with Crippen molar-refractivity contribution < 1.29 is 4.79 Å². The highest BCUT2D eigenvalue weighted by Crippen LogP contribution is 2.31. The summed E-state index contributed by atoms with van der Waals surface area (Å²) in [6.07, 6.45) is 5.18. The number of nitrogens with one attached hydrogen (secondary N) is 3. The molecular weight excluding hydrogens is 316 g/mol. The van der Waals surface area contributed by atoms with Gasteiger partial charge in [-0.05, 0) is 24.1 Å². The van der Waals surface area contributed by atoms with E-state index in [9.17, 15) is 4.79 Å². The van der Waals surface area contributed by atoms with Gasteiger partial charge in [0.15, 0.2) is 5.96 Å². The van der Waals surface area contributed by atoms with Crippen LogP contribution in [0.25, 0.3) is 0 Å². The molecule has 2 aromatic rings. The van der Waals surface area contributed by atoms with Gasteiger partial charge in [-0.3, -0.25) is 14.5 Å². The molecule has 1 aliphatic rings. The first-order valence-electron chi connectivity index (χ1n) is 8.57. The van der Waals surface area contributed by atoms with Crippen LogP contribution in [0.1, 0.15) is 24.3 Å². The molecule has 1 unspecified atom stereocenters. The summed E-state index contributed by atoms with van der Waals surface area (Å²) in [5.41, 5.74) is 2.08. The molecule has 1 aliphatic heterocycles. The van der Waals surface area contributed by atoms with Crippen LogP contribution in [0.2, 0.25) is 0 Å². The van der Waals surface area contributed by atoms with Crippen LogP contribution in [0.4, 0.5) is 5.69 Å². The summed E-state index contributed by atoms with van der Waals surface area (Å²) in [6, 6.07) is 9.88. The van der Waals surface area contributed by atoms with E-state index in [1.807, 2.05) is 35.1 Å². The topological polar surface area (TPSA) is 83.3 Å². The molecule has 0 saturated carbocycles. The Bertz CT molecular complexity index is 725. The van der Waals surface area contributed by atoms with Crippen LogP contribution in [-0.4, -0.2) is 41.8 Å². The third kappa shape index (κ3) is 4.59. The molecule has 0 bridgehead atoms. The number of aliphatic imine (C=N–C) groups is 1. The second kappa shape index (κ2) is 8.32. The molecule has 3 rings (SSSR count). The molecule has 1 aromatic carbocycles. The number of aromatic nitrogens is 2. The van der Waals surface area contributed by atoms with Crippen LogP contribution >= 0.6 is 0 Å². The van der Waals surface area contributed by atoms with Crippen LogP contribution in [-0.2, 0) is 11.3 Å². The maximum Gasteiger partial charge on any atom is 0.225 e. The van der Waals surface area contributed by atoms with Gasteiger partial charge in [-0.2, -0.15) is 5.10 Å². The summed E-state index contributed by atoms with van der Waals surface area (Å²) in [7, 11) is 1.75. The smallest absolute Gasteiger partial charge is 0.225 e. The normalized spacial score (nSPS) is 16.9. The van der Waals surface area contributed by atoms with E-state index in [-0.39, 0.29) is 11.8 Å². The predicted octanol–water partition coefficient (Wildman–Crippen LogP) is 1.56. The number of hydrogen-bond acceptors (Lipinski definition) is 3. The maximum atomic E-state index is 11.9. The number of hydrogen-bond donors (Lipinski definition) is 3. The Morgan fingerprint density at radius 1 is 1.36 bits per heavy atom. The number of guanidine groups is 1. The van der Waals surface area contributed by atoms with Gasteiger partial charge in [0.2, 0.25) is 5.91 Å². The van der Waals surface area contributed by atoms with Gasteiger partial charge in [-0.15, -0.1) is 0 Å². The lowest BCUT2D eigenvalue weighted by molar-refractivity contribution is -0.116. The summed E-state index contributed by atoms with van der Waals surface area (Å²) in [5, 5.41) is 13.7. The minimum absolute atomic E-state index is 0.0627. The molecule has 0 aliphatic carbocycles.